The fourth-order valence-corrected chi connectivity index (χ4v) is 16.0. The molecule has 0 aliphatic carbocycles. The first-order chi connectivity index (χ1) is 47.6. The topological polar surface area (TPSA) is 20.6 Å². The summed E-state index contributed by atoms with van der Waals surface area (Å²) in [6.07, 6.45) is 0. The highest BCUT2D eigenvalue weighted by atomic mass is 16.5. The lowest BCUT2D eigenvalue weighted by Crippen LogP contribution is -2.61. The Morgan fingerprint density at radius 3 is 1.12 bits per heavy atom. The number of rotatable bonds is 10. The molecule has 0 saturated heterocycles. The molecule has 0 spiro atoms. The van der Waals surface area contributed by atoms with E-state index in [9.17, 15) is 0 Å². The smallest absolute Gasteiger partial charge is 0.252 e. The monoisotopic (exact) mass is 1220 g/mol. The summed E-state index contributed by atoms with van der Waals surface area (Å²) in [6, 6.07) is 135. The molecule has 3 aliphatic heterocycles. The second-order valence-corrected chi connectivity index (χ2v) is 25.5. The van der Waals surface area contributed by atoms with Crippen LogP contribution in [0.1, 0.15) is 22.3 Å². The normalized spacial score (nSPS) is 13.1. The molecule has 0 saturated carbocycles. The van der Waals surface area contributed by atoms with E-state index in [-0.39, 0.29) is 6.71 Å². The average molecular weight is 1220 g/mol. The molecule has 0 fully saturated rings. The Bertz CT molecular complexity index is 5470. The molecule has 3 aliphatic rings. The Morgan fingerprint density at radius 2 is 0.646 bits per heavy atom. The van der Waals surface area contributed by atoms with Crippen molar-refractivity contribution >= 4 is 79.0 Å². The van der Waals surface area contributed by atoms with Gasteiger partial charge in [0.05, 0.1) is 22.1 Å². The van der Waals surface area contributed by atoms with Crippen molar-refractivity contribution in [1.29, 1.82) is 0 Å². The van der Waals surface area contributed by atoms with E-state index in [0.29, 0.717) is 0 Å². The second kappa shape index (κ2) is 22.4. The van der Waals surface area contributed by atoms with Crippen molar-refractivity contribution in [2.45, 2.75) is 5.41 Å². The van der Waals surface area contributed by atoms with Crippen LogP contribution in [-0.2, 0) is 5.41 Å². The Hall–Kier alpha value is -12.4. The number of anilines is 6. The number of aromatic nitrogens is 1. The van der Waals surface area contributed by atoms with Crippen LogP contribution >= 0.6 is 0 Å². The molecule has 0 atom stereocenters. The van der Waals surface area contributed by atoms with Gasteiger partial charge in [0.25, 0.3) is 6.71 Å². The SMILES string of the molecule is c1ccc(-c2cc(-c3ccccc3)cc(N3c4ccc(-c5ccccc5)cc4B4c5cc6c(cc5N(c5cc(-c7ccccc7)cc(-c7ccccc7)c5)c5cc(-n7c8ccccc8c8ccccc87)cc3c54)Oc3ccccc3C6(c3ccccc3)c3ccccc3)c2)cc1. The Morgan fingerprint density at radius 1 is 0.250 bits per heavy atom. The number of fused-ring (bicyclic) bond motifs is 9. The van der Waals surface area contributed by atoms with E-state index in [1.54, 1.807) is 0 Å². The van der Waals surface area contributed by atoms with E-state index in [1.807, 2.05) is 0 Å². The highest BCUT2D eigenvalue weighted by Crippen LogP contribution is 2.58. The predicted octanol–water partition coefficient (Wildman–Crippen LogP) is 21.7. The fourth-order valence-electron chi connectivity index (χ4n) is 16.0. The van der Waals surface area contributed by atoms with Gasteiger partial charge in [-0.3, -0.25) is 0 Å². The number of ether oxygens (including phenoxy) is 1. The quantitative estimate of drug-likeness (QED) is 0.127. The summed E-state index contributed by atoms with van der Waals surface area (Å²) >= 11 is 0. The standard InChI is InChI=1S/C91H60BN3O/c1-8-28-61(29-9-1)66-48-49-84-80(56-66)92-81-59-79-89(96-88-47-27-24-44-78(88)91(79,71-38-18-6-19-39-71)72-40-20-7-21-41-72)60-85(81)95(74-54-69(64-34-14-4-15-35-64)51-70(55-74)65-36-16-5-17-37-65)87-58-75(93-82-45-25-22-42-76(82)77-43-23-26-46-83(77)93)57-86(90(87)92)94(84)73-52-67(62-30-10-2-11-31-62)50-68(53-73)63-32-12-3-13-33-63/h1-60H. The molecule has 0 bridgehead atoms. The van der Waals surface area contributed by atoms with E-state index in [0.717, 1.165) is 140 Å². The van der Waals surface area contributed by atoms with Crippen LogP contribution in [0.5, 0.6) is 11.5 Å². The van der Waals surface area contributed by atoms with Crippen molar-refractivity contribution in [2.75, 3.05) is 9.80 Å². The molecule has 448 valence electrons. The van der Waals surface area contributed by atoms with Gasteiger partial charge in [-0.25, -0.2) is 0 Å². The highest BCUT2D eigenvalue weighted by Gasteiger charge is 2.50. The molecule has 19 rings (SSSR count). The molecular weight excluding hydrogens is 1160 g/mol. The predicted molar refractivity (Wildman–Crippen MR) is 400 cm³/mol. The lowest BCUT2D eigenvalue weighted by atomic mass is 9.33. The summed E-state index contributed by atoms with van der Waals surface area (Å²) in [5, 5.41) is 2.40. The summed E-state index contributed by atoms with van der Waals surface area (Å²) in [5.41, 5.74) is 28.3. The largest absolute Gasteiger partial charge is 0.457 e. The Labute approximate surface area is 559 Å². The van der Waals surface area contributed by atoms with Crippen LogP contribution < -0.4 is 30.9 Å². The van der Waals surface area contributed by atoms with Crippen molar-refractivity contribution < 1.29 is 4.74 Å². The lowest BCUT2D eigenvalue weighted by molar-refractivity contribution is 0.435. The van der Waals surface area contributed by atoms with E-state index in [2.05, 4.69) is 378 Å². The van der Waals surface area contributed by atoms with Gasteiger partial charge in [0.15, 0.2) is 0 Å². The van der Waals surface area contributed by atoms with Gasteiger partial charge in [0, 0.05) is 62.1 Å². The minimum atomic E-state index is -0.801. The zero-order valence-corrected chi connectivity index (χ0v) is 52.5. The first-order valence-corrected chi connectivity index (χ1v) is 33.2. The van der Waals surface area contributed by atoms with Crippen LogP contribution in [0.3, 0.4) is 0 Å². The lowest BCUT2D eigenvalue weighted by Gasteiger charge is -2.47. The van der Waals surface area contributed by atoms with Crippen LogP contribution in [0.4, 0.5) is 34.1 Å². The van der Waals surface area contributed by atoms with Gasteiger partial charge in [-0.1, -0.05) is 285 Å². The summed E-state index contributed by atoms with van der Waals surface area (Å²) in [4.78, 5) is 5.20. The first-order valence-electron chi connectivity index (χ1n) is 33.2. The minimum absolute atomic E-state index is 0.313. The van der Waals surface area contributed by atoms with Crippen molar-refractivity contribution in [3.8, 4) is 72.8 Å². The maximum atomic E-state index is 7.56. The zero-order valence-electron chi connectivity index (χ0n) is 52.5. The summed E-state index contributed by atoms with van der Waals surface area (Å²) in [7, 11) is 0. The van der Waals surface area contributed by atoms with Crippen LogP contribution in [0, 0.1) is 0 Å². The average Bonchev–Trinajstić information content (AvgIpc) is 0.716. The van der Waals surface area contributed by atoms with E-state index in [1.165, 1.54) is 27.2 Å². The molecule has 16 aromatic rings. The summed E-state index contributed by atoms with van der Waals surface area (Å²) in [6.45, 7) is -0.313. The van der Waals surface area contributed by atoms with Crippen molar-refractivity contribution in [3.05, 3.63) is 386 Å². The van der Waals surface area contributed by atoms with Crippen molar-refractivity contribution in [2.24, 2.45) is 0 Å². The number of benzene rings is 15. The van der Waals surface area contributed by atoms with Gasteiger partial charge in [-0.2, -0.15) is 0 Å². The molecule has 5 heteroatoms. The summed E-state index contributed by atoms with van der Waals surface area (Å²) in [5.74, 6) is 1.63. The summed E-state index contributed by atoms with van der Waals surface area (Å²) < 4.78 is 10.1. The van der Waals surface area contributed by atoms with Gasteiger partial charge in [-0.05, 0) is 156 Å². The fraction of sp³-hybridized carbons (Fsp3) is 0.0110. The van der Waals surface area contributed by atoms with Crippen molar-refractivity contribution in [1.82, 2.24) is 4.57 Å². The van der Waals surface area contributed by atoms with Gasteiger partial charge in [0.2, 0.25) is 0 Å². The number of hydrogen-bond donors (Lipinski definition) is 0. The number of hydrogen-bond acceptors (Lipinski definition) is 3. The highest BCUT2D eigenvalue weighted by molar-refractivity contribution is 7.00. The maximum absolute atomic E-state index is 7.56. The number of nitrogens with zero attached hydrogens (tertiary/aromatic N) is 3. The van der Waals surface area contributed by atoms with Gasteiger partial charge >= 0.3 is 0 Å². The molecule has 96 heavy (non-hydrogen) atoms. The van der Waals surface area contributed by atoms with E-state index in [4.69, 9.17) is 4.74 Å². The van der Waals surface area contributed by atoms with Crippen molar-refractivity contribution in [3.63, 3.8) is 0 Å². The van der Waals surface area contributed by atoms with Gasteiger partial charge in [0.1, 0.15) is 11.5 Å². The van der Waals surface area contributed by atoms with Crippen LogP contribution in [0.15, 0.2) is 364 Å². The molecule has 1 aromatic heterocycles. The third-order valence-corrected chi connectivity index (χ3v) is 20.2. The molecule has 0 unspecified atom stereocenters. The van der Waals surface area contributed by atoms with E-state index >= 15 is 0 Å². The van der Waals surface area contributed by atoms with Gasteiger partial charge in [-0.15, -0.1) is 0 Å². The third-order valence-electron chi connectivity index (χ3n) is 20.2. The van der Waals surface area contributed by atoms with Crippen LogP contribution in [-0.4, -0.2) is 11.3 Å². The minimum Gasteiger partial charge on any atom is -0.457 e. The third kappa shape index (κ3) is 8.78. The Balaban J connectivity index is 0.998. The number of para-hydroxylation sites is 3. The molecule has 4 nitrogen and oxygen atoms in total. The molecular formula is C91H60BN3O. The van der Waals surface area contributed by atoms with Gasteiger partial charge < -0.3 is 19.1 Å². The zero-order chi connectivity index (χ0) is 63.3. The Kier molecular flexibility index (Phi) is 12.9. The maximum Gasteiger partial charge on any atom is 0.252 e. The molecule has 0 amide bonds. The molecule has 0 radical (unpaired) electrons. The second-order valence-electron chi connectivity index (χ2n) is 25.5. The molecule has 15 aromatic carbocycles. The molecule has 4 heterocycles. The first kappa shape index (κ1) is 55.2. The molecule has 0 N–H and O–H groups in total. The van der Waals surface area contributed by atoms with E-state index < -0.39 is 5.41 Å². The van der Waals surface area contributed by atoms with Crippen LogP contribution in [0.2, 0.25) is 0 Å². The van der Waals surface area contributed by atoms with Crippen LogP contribution in [0.25, 0.3) is 83.1 Å².